The number of benzene rings is 2. The van der Waals surface area contributed by atoms with Gasteiger partial charge in [0.25, 0.3) is 5.91 Å². The number of carbonyl (C=O) groups is 2. The zero-order valence-electron chi connectivity index (χ0n) is 20.0. The number of hydrogen-bond acceptors (Lipinski definition) is 8. The highest BCUT2D eigenvalue weighted by molar-refractivity contribution is 6.32. The second kappa shape index (κ2) is 13.4. The summed E-state index contributed by atoms with van der Waals surface area (Å²) in [7, 11) is 0. The average Bonchev–Trinajstić information content (AvgIpc) is 2.79. The third-order valence-corrected chi connectivity index (χ3v) is 4.64. The first-order valence-corrected chi connectivity index (χ1v) is 11.4. The Morgan fingerprint density at radius 2 is 1.50 bits per heavy atom. The molecule has 0 spiro atoms. The van der Waals surface area contributed by atoms with E-state index in [4.69, 9.17) is 30.5 Å². The SMILES string of the molecule is CCOc1ccc(OCC)c(N=NC(C(C)=O)C(=O)Nc2cc(Cl)c(OCC)cc2OCC)c1. The second-order valence-electron chi connectivity index (χ2n) is 6.86. The fraction of sp³-hybridized carbons (Fsp3) is 0.417. The fourth-order valence-electron chi connectivity index (χ4n) is 2.92. The fourth-order valence-corrected chi connectivity index (χ4v) is 3.14. The third-order valence-electron chi connectivity index (χ3n) is 4.35. The van der Waals surface area contributed by atoms with Crippen molar-refractivity contribution in [2.75, 3.05) is 31.7 Å². The van der Waals surface area contributed by atoms with Gasteiger partial charge in [0.05, 0.1) is 37.1 Å². The number of rotatable bonds is 13. The average molecular weight is 492 g/mol. The lowest BCUT2D eigenvalue weighted by Crippen LogP contribution is -2.32. The van der Waals surface area contributed by atoms with Crippen molar-refractivity contribution in [1.29, 1.82) is 0 Å². The molecular formula is C24H30ClN3O6. The van der Waals surface area contributed by atoms with Gasteiger partial charge in [-0.1, -0.05) is 11.6 Å². The number of nitrogens with zero attached hydrogens (tertiary/aromatic N) is 2. The molecule has 0 radical (unpaired) electrons. The minimum atomic E-state index is -1.40. The zero-order chi connectivity index (χ0) is 25.1. The van der Waals surface area contributed by atoms with Gasteiger partial charge in [-0.3, -0.25) is 9.59 Å². The Morgan fingerprint density at radius 1 is 0.882 bits per heavy atom. The van der Waals surface area contributed by atoms with Crippen LogP contribution in [0.4, 0.5) is 11.4 Å². The van der Waals surface area contributed by atoms with Crippen molar-refractivity contribution in [3.63, 3.8) is 0 Å². The highest BCUT2D eigenvalue weighted by Crippen LogP contribution is 2.37. The number of amides is 1. The van der Waals surface area contributed by atoms with Crippen LogP contribution >= 0.6 is 11.6 Å². The number of azo groups is 1. The molecule has 0 saturated heterocycles. The molecule has 0 heterocycles. The van der Waals surface area contributed by atoms with Gasteiger partial charge in [0.15, 0.2) is 5.78 Å². The molecular weight excluding hydrogens is 462 g/mol. The molecule has 0 aliphatic rings. The topological polar surface area (TPSA) is 108 Å². The maximum Gasteiger partial charge on any atom is 0.258 e. The number of carbonyl (C=O) groups excluding carboxylic acids is 2. The van der Waals surface area contributed by atoms with Crippen LogP contribution in [-0.2, 0) is 9.59 Å². The summed E-state index contributed by atoms with van der Waals surface area (Å²) in [6, 6.07) is 6.76. The lowest BCUT2D eigenvalue weighted by Gasteiger charge is -2.16. The first kappa shape index (κ1) is 26.9. The monoisotopic (exact) mass is 491 g/mol. The molecule has 0 bridgehead atoms. The number of nitrogens with one attached hydrogen (secondary N) is 1. The van der Waals surface area contributed by atoms with Gasteiger partial charge in [-0.2, -0.15) is 10.2 Å². The minimum Gasteiger partial charge on any atom is -0.494 e. The van der Waals surface area contributed by atoms with Crippen LogP contribution in [0.5, 0.6) is 23.0 Å². The molecule has 0 saturated carbocycles. The normalized spacial score (nSPS) is 11.7. The van der Waals surface area contributed by atoms with E-state index in [0.717, 1.165) is 0 Å². The molecule has 2 aromatic carbocycles. The van der Waals surface area contributed by atoms with E-state index in [1.807, 2.05) is 20.8 Å². The highest BCUT2D eigenvalue weighted by atomic mass is 35.5. The summed E-state index contributed by atoms with van der Waals surface area (Å²) >= 11 is 6.27. The predicted molar refractivity (Wildman–Crippen MR) is 130 cm³/mol. The summed E-state index contributed by atoms with van der Waals surface area (Å²) in [5.41, 5.74) is 0.626. The zero-order valence-corrected chi connectivity index (χ0v) is 20.8. The molecule has 1 N–H and O–H groups in total. The van der Waals surface area contributed by atoms with Crippen molar-refractivity contribution in [3.8, 4) is 23.0 Å². The number of ether oxygens (including phenoxy) is 4. The van der Waals surface area contributed by atoms with Gasteiger partial charge in [-0.25, -0.2) is 0 Å². The van der Waals surface area contributed by atoms with Crippen LogP contribution in [-0.4, -0.2) is 44.2 Å². The molecule has 0 aliphatic heterocycles. The first-order chi connectivity index (χ1) is 16.3. The van der Waals surface area contributed by atoms with E-state index < -0.39 is 17.7 Å². The van der Waals surface area contributed by atoms with Crippen LogP contribution in [0.15, 0.2) is 40.6 Å². The maximum absolute atomic E-state index is 13.0. The minimum absolute atomic E-state index is 0.287. The lowest BCUT2D eigenvalue weighted by atomic mass is 10.2. The number of hydrogen-bond donors (Lipinski definition) is 1. The van der Waals surface area contributed by atoms with Crippen molar-refractivity contribution in [2.24, 2.45) is 10.2 Å². The van der Waals surface area contributed by atoms with Gasteiger partial charge in [-0.05, 0) is 52.8 Å². The summed E-state index contributed by atoms with van der Waals surface area (Å²) in [6.07, 6.45) is 0. The molecule has 184 valence electrons. The van der Waals surface area contributed by atoms with Crippen molar-refractivity contribution in [3.05, 3.63) is 35.4 Å². The summed E-state index contributed by atoms with van der Waals surface area (Å²) < 4.78 is 22.1. The molecule has 1 atom stereocenters. The number of ketones is 1. The van der Waals surface area contributed by atoms with E-state index in [9.17, 15) is 9.59 Å². The molecule has 10 heteroatoms. The quantitative estimate of drug-likeness (QED) is 0.288. The van der Waals surface area contributed by atoms with Crippen LogP contribution in [0.3, 0.4) is 0 Å². The smallest absolute Gasteiger partial charge is 0.258 e. The maximum atomic E-state index is 13.0. The van der Waals surface area contributed by atoms with E-state index in [0.29, 0.717) is 55.1 Å². The largest absolute Gasteiger partial charge is 0.494 e. The van der Waals surface area contributed by atoms with Crippen molar-refractivity contribution >= 4 is 34.7 Å². The van der Waals surface area contributed by atoms with Crippen molar-refractivity contribution in [2.45, 2.75) is 40.7 Å². The molecule has 0 fully saturated rings. The van der Waals surface area contributed by atoms with Crippen molar-refractivity contribution in [1.82, 2.24) is 0 Å². The lowest BCUT2D eigenvalue weighted by molar-refractivity contribution is -0.126. The Bertz CT molecular complexity index is 1030. The third kappa shape index (κ3) is 7.34. The molecule has 34 heavy (non-hydrogen) atoms. The number of halogens is 1. The van der Waals surface area contributed by atoms with Crippen molar-refractivity contribution < 1.29 is 28.5 Å². The summed E-state index contributed by atoms with van der Waals surface area (Å²) in [5.74, 6) is 0.618. The molecule has 1 unspecified atom stereocenters. The highest BCUT2D eigenvalue weighted by Gasteiger charge is 2.25. The molecule has 9 nitrogen and oxygen atoms in total. The van der Waals surface area contributed by atoms with Gasteiger partial charge >= 0.3 is 0 Å². The van der Waals surface area contributed by atoms with Gasteiger partial charge < -0.3 is 24.3 Å². The number of Topliss-reactive ketones (excluding diaryl/α,β-unsaturated/α-hetero) is 1. The van der Waals surface area contributed by atoms with Gasteiger partial charge in [0, 0.05) is 12.1 Å². The van der Waals surface area contributed by atoms with Gasteiger partial charge in [0.1, 0.15) is 28.7 Å². The van der Waals surface area contributed by atoms with E-state index in [-0.39, 0.29) is 10.7 Å². The standard InChI is InChI=1S/C24H30ClN3O6/c1-6-31-16-10-11-20(32-7-2)19(12-16)27-28-23(15(5)29)24(30)26-18-13-17(25)21(33-8-3)14-22(18)34-9-4/h10-14,23H,6-9H2,1-5H3,(H,26,30). The Morgan fingerprint density at radius 3 is 2.12 bits per heavy atom. The van der Waals surface area contributed by atoms with E-state index >= 15 is 0 Å². The van der Waals surface area contributed by atoms with Crippen LogP contribution in [0.1, 0.15) is 34.6 Å². The van der Waals surface area contributed by atoms with Gasteiger partial charge in [0.2, 0.25) is 6.04 Å². The van der Waals surface area contributed by atoms with Crippen LogP contribution < -0.4 is 24.3 Å². The number of anilines is 1. The van der Waals surface area contributed by atoms with Crippen LogP contribution in [0.2, 0.25) is 5.02 Å². The summed E-state index contributed by atoms with van der Waals surface area (Å²) in [6.45, 7) is 10.2. The van der Waals surface area contributed by atoms with E-state index in [1.54, 1.807) is 31.2 Å². The molecule has 1 amide bonds. The predicted octanol–water partition coefficient (Wildman–Crippen LogP) is 5.61. The molecule has 0 aliphatic carbocycles. The van der Waals surface area contributed by atoms with E-state index in [1.165, 1.54) is 13.0 Å². The van der Waals surface area contributed by atoms with E-state index in [2.05, 4.69) is 15.5 Å². The Hall–Kier alpha value is -3.33. The summed E-state index contributed by atoms with van der Waals surface area (Å²) in [5, 5.41) is 11.1. The van der Waals surface area contributed by atoms with Gasteiger partial charge in [-0.15, -0.1) is 0 Å². The molecule has 2 aromatic rings. The Balaban J connectivity index is 2.34. The van der Waals surface area contributed by atoms with Crippen LogP contribution in [0, 0.1) is 0 Å². The van der Waals surface area contributed by atoms with Crippen LogP contribution in [0.25, 0.3) is 0 Å². The Kier molecular flexibility index (Phi) is 10.6. The molecule has 0 aromatic heterocycles. The first-order valence-electron chi connectivity index (χ1n) is 11.0. The second-order valence-corrected chi connectivity index (χ2v) is 7.27. The summed E-state index contributed by atoms with van der Waals surface area (Å²) in [4.78, 5) is 25.2. The Labute approximate surface area is 204 Å². The molecule has 2 rings (SSSR count).